The highest BCUT2D eigenvalue weighted by molar-refractivity contribution is 5.30. The summed E-state index contributed by atoms with van der Waals surface area (Å²) in [5.41, 5.74) is 0.658. The molecule has 3 heterocycles. The molecule has 0 radical (unpaired) electrons. The maximum Gasteiger partial charge on any atom is 0.187 e. The van der Waals surface area contributed by atoms with E-state index < -0.39 is 92.1 Å². The molecule has 2 bridgehead atoms. The first kappa shape index (κ1) is 37.5. The van der Waals surface area contributed by atoms with E-state index in [2.05, 4.69) is 20.4 Å². The van der Waals surface area contributed by atoms with Crippen molar-refractivity contribution in [2.75, 3.05) is 13.2 Å². The van der Waals surface area contributed by atoms with Crippen LogP contribution in [0.2, 0.25) is 0 Å². The number of hydrogen-bond donors (Lipinski definition) is 7. The van der Waals surface area contributed by atoms with Crippen LogP contribution in [-0.4, -0.2) is 134 Å². The maximum atomic E-state index is 11.0. The fourth-order valence-corrected chi connectivity index (χ4v) is 11.7. The largest absolute Gasteiger partial charge is 0.394 e. The van der Waals surface area contributed by atoms with E-state index in [1.54, 1.807) is 6.92 Å². The van der Waals surface area contributed by atoms with Gasteiger partial charge < -0.3 is 64.2 Å². The molecule has 0 aromatic heterocycles. The molecule has 4 aliphatic carbocycles. The van der Waals surface area contributed by atoms with Gasteiger partial charge >= 0.3 is 0 Å². The monoisotopic (exact) mass is 712 g/mol. The van der Waals surface area contributed by atoms with Gasteiger partial charge in [0.2, 0.25) is 0 Å². The minimum atomic E-state index is -1.60. The highest BCUT2D eigenvalue weighted by Crippen LogP contribution is 2.72. The van der Waals surface area contributed by atoms with E-state index in [1.165, 1.54) is 25.7 Å². The van der Waals surface area contributed by atoms with Gasteiger partial charge in [-0.2, -0.15) is 0 Å². The molecule has 0 aromatic rings. The molecule has 7 aliphatic rings. The van der Waals surface area contributed by atoms with Crippen LogP contribution in [-0.2, 0) is 28.4 Å². The third-order valence-electron chi connectivity index (χ3n) is 14.2. The van der Waals surface area contributed by atoms with Crippen LogP contribution in [0.25, 0.3) is 0 Å². The summed E-state index contributed by atoms with van der Waals surface area (Å²) < 4.78 is 38.0. The van der Waals surface area contributed by atoms with Crippen molar-refractivity contribution in [1.29, 1.82) is 0 Å². The Morgan fingerprint density at radius 2 is 1.60 bits per heavy atom. The van der Waals surface area contributed by atoms with Gasteiger partial charge in [-0.3, -0.25) is 0 Å². The highest BCUT2D eigenvalue weighted by atomic mass is 16.8. The minimum Gasteiger partial charge on any atom is -0.394 e. The van der Waals surface area contributed by atoms with E-state index in [1.807, 2.05) is 0 Å². The molecule has 13 nitrogen and oxygen atoms in total. The van der Waals surface area contributed by atoms with Crippen molar-refractivity contribution in [2.45, 2.75) is 177 Å². The Balaban J connectivity index is 1.17. The van der Waals surface area contributed by atoms with Crippen LogP contribution in [0, 0.1) is 28.6 Å². The second-order valence-corrected chi connectivity index (χ2v) is 17.1. The summed E-state index contributed by atoms with van der Waals surface area (Å²) in [6.07, 6.45) is -5.61. The molecule has 7 rings (SSSR count). The predicted octanol–water partition coefficient (Wildman–Crippen LogP) is 1.26. The van der Waals surface area contributed by atoms with Crippen LogP contribution < -0.4 is 0 Å². The standard InChI is InChI=1S/C37H60O13/c1-18-6-5-9-35(4)22(18)7-10-36-14-19(2)37(17-36,11-8-26(35)36)50-34-32(49-33-31(44)30(43)28(41)20(3)45-33)24(12-21(15-38)46-34)47-27-13-23(40)29(42)25(16-39)48-27/h18,20-34,38-44H,2,5-17H2,1,3-4H3/t18?,20-,21-,22+,23+,24-,25+,26-,27?,28-,29-,30+,31+,32+,33-,34?,35+,36+,37?/m0/s1. The average molecular weight is 713 g/mol. The first-order valence-corrected chi connectivity index (χ1v) is 19.0. The van der Waals surface area contributed by atoms with Crippen LogP contribution in [0.3, 0.4) is 0 Å². The van der Waals surface area contributed by atoms with Crippen molar-refractivity contribution in [1.82, 2.24) is 0 Å². The number of hydrogen-bond acceptors (Lipinski definition) is 13. The van der Waals surface area contributed by atoms with E-state index >= 15 is 0 Å². The summed E-state index contributed by atoms with van der Waals surface area (Å²) in [6, 6.07) is 0. The normalized spacial score (nSPS) is 55.4. The Morgan fingerprint density at radius 1 is 0.820 bits per heavy atom. The minimum absolute atomic E-state index is 0.0690. The lowest BCUT2D eigenvalue weighted by molar-refractivity contribution is -0.378. The molecule has 0 amide bonds. The van der Waals surface area contributed by atoms with Gasteiger partial charge in [0, 0.05) is 12.8 Å². The maximum absolute atomic E-state index is 11.0. The van der Waals surface area contributed by atoms with Crippen LogP contribution in [0.1, 0.15) is 91.4 Å². The smallest absolute Gasteiger partial charge is 0.187 e. The summed E-state index contributed by atoms with van der Waals surface area (Å²) in [6.45, 7) is 10.2. The molecule has 3 aliphatic heterocycles. The van der Waals surface area contributed by atoms with Crippen LogP contribution in [0.5, 0.6) is 0 Å². The van der Waals surface area contributed by atoms with Gasteiger partial charge in [0.25, 0.3) is 0 Å². The first-order chi connectivity index (χ1) is 23.7. The van der Waals surface area contributed by atoms with E-state index in [9.17, 15) is 35.7 Å². The molecule has 1 spiro atoms. The topological polar surface area (TPSA) is 197 Å². The highest BCUT2D eigenvalue weighted by Gasteiger charge is 2.66. The van der Waals surface area contributed by atoms with Crippen molar-refractivity contribution in [3.05, 3.63) is 12.2 Å². The molecule has 0 aromatic carbocycles. The average Bonchev–Trinajstić information content (AvgIpc) is 3.28. The Labute approximate surface area is 294 Å². The zero-order valence-electron chi connectivity index (χ0n) is 29.7. The Bertz CT molecular complexity index is 1220. The molecule has 50 heavy (non-hydrogen) atoms. The van der Waals surface area contributed by atoms with Crippen LogP contribution >= 0.6 is 0 Å². The van der Waals surface area contributed by atoms with Gasteiger partial charge in [0.05, 0.1) is 43.2 Å². The molecule has 13 heteroatoms. The lowest BCUT2D eigenvalue weighted by Gasteiger charge is -2.62. The van der Waals surface area contributed by atoms with Gasteiger partial charge in [0.1, 0.15) is 36.6 Å². The van der Waals surface area contributed by atoms with E-state index in [0.29, 0.717) is 5.92 Å². The third-order valence-corrected chi connectivity index (χ3v) is 14.2. The van der Waals surface area contributed by atoms with Gasteiger partial charge in [-0.1, -0.05) is 33.3 Å². The van der Waals surface area contributed by atoms with Crippen molar-refractivity contribution >= 4 is 0 Å². The van der Waals surface area contributed by atoms with Crippen molar-refractivity contribution < 1.29 is 64.2 Å². The molecule has 7 fully saturated rings. The van der Waals surface area contributed by atoms with E-state index in [4.69, 9.17) is 28.4 Å². The van der Waals surface area contributed by atoms with Gasteiger partial charge in [-0.25, -0.2) is 0 Å². The fraction of sp³-hybridized carbons (Fsp3) is 0.946. The van der Waals surface area contributed by atoms with Gasteiger partial charge in [0.15, 0.2) is 18.9 Å². The fourth-order valence-electron chi connectivity index (χ4n) is 11.7. The molecule has 4 unspecified atom stereocenters. The van der Waals surface area contributed by atoms with Gasteiger partial charge in [-0.05, 0) is 86.0 Å². The number of ether oxygens (including phenoxy) is 6. The molecule has 3 saturated heterocycles. The van der Waals surface area contributed by atoms with Crippen molar-refractivity contribution in [3.8, 4) is 0 Å². The molecular weight excluding hydrogens is 652 g/mol. The summed E-state index contributed by atoms with van der Waals surface area (Å²) in [5.74, 6) is 2.02. The second-order valence-electron chi connectivity index (χ2n) is 17.1. The Morgan fingerprint density at radius 3 is 2.34 bits per heavy atom. The first-order valence-electron chi connectivity index (χ1n) is 19.0. The SMILES string of the molecule is C=C1C[C@@]23CC[C@@H]4C(C)CCC[C@@]4(C)[C@@H]2CCC1(OC1O[C@H](CO)C[C@H](OC2C[C@@H](O)[C@H](O)[C@@H](CO)O2)[C@H]1O[C@@H]1O[C@@H](C)[C@H](O)[C@@H](O)[C@H]1O)C3. The number of rotatable bonds is 8. The lowest BCUT2D eigenvalue weighted by atomic mass is 9.43. The zero-order valence-corrected chi connectivity index (χ0v) is 29.7. The summed E-state index contributed by atoms with van der Waals surface area (Å²) in [4.78, 5) is 0. The summed E-state index contributed by atoms with van der Waals surface area (Å²) in [5, 5.41) is 72.9. The third kappa shape index (κ3) is 6.33. The molecule has 7 N–H and O–H groups in total. The number of aliphatic hydroxyl groups excluding tert-OH is 7. The molecule has 286 valence electrons. The van der Waals surface area contributed by atoms with Crippen molar-refractivity contribution in [3.63, 3.8) is 0 Å². The second kappa shape index (κ2) is 14.1. The van der Waals surface area contributed by atoms with E-state index in [0.717, 1.165) is 49.5 Å². The van der Waals surface area contributed by atoms with Gasteiger partial charge in [-0.15, -0.1) is 0 Å². The summed E-state index contributed by atoms with van der Waals surface area (Å²) in [7, 11) is 0. The summed E-state index contributed by atoms with van der Waals surface area (Å²) >= 11 is 0. The van der Waals surface area contributed by atoms with E-state index in [-0.39, 0.29) is 30.3 Å². The number of aliphatic hydroxyl groups is 7. The van der Waals surface area contributed by atoms with Crippen LogP contribution in [0.4, 0.5) is 0 Å². The Hall–Kier alpha value is -0.780. The molecule has 4 saturated carbocycles. The quantitative estimate of drug-likeness (QED) is 0.141. The molecule has 19 atom stereocenters. The number of fused-ring (bicyclic) bond motifs is 3. The lowest BCUT2D eigenvalue weighted by Crippen LogP contribution is -2.63. The predicted molar refractivity (Wildman–Crippen MR) is 176 cm³/mol. The molecular formula is C37H60O13. The zero-order chi connectivity index (χ0) is 35.7. The van der Waals surface area contributed by atoms with Crippen molar-refractivity contribution in [2.24, 2.45) is 28.6 Å². The Kier molecular flexibility index (Phi) is 10.6. The van der Waals surface area contributed by atoms with Crippen LogP contribution in [0.15, 0.2) is 12.2 Å².